The van der Waals surface area contributed by atoms with Gasteiger partial charge in [0.2, 0.25) is 5.91 Å². The van der Waals surface area contributed by atoms with Gasteiger partial charge in [-0.2, -0.15) is 0 Å². The van der Waals surface area contributed by atoms with Gasteiger partial charge in [0.1, 0.15) is 0 Å². The Morgan fingerprint density at radius 2 is 2.15 bits per heavy atom. The van der Waals surface area contributed by atoms with Gasteiger partial charge in [0.25, 0.3) is 0 Å². The summed E-state index contributed by atoms with van der Waals surface area (Å²) in [6, 6.07) is 0. The summed E-state index contributed by atoms with van der Waals surface area (Å²) in [5.41, 5.74) is 5.54. The molecule has 76 valence electrons. The van der Waals surface area contributed by atoms with Crippen LogP contribution in [0.1, 0.15) is 26.7 Å². The molecule has 1 atom stereocenters. The molecule has 0 aromatic rings. The van der Waals surface area contributed by atoms with Gasteiger partial charge in [-0.3, -0.25) is 4.79 Å². The van der Waals surface area contributed by atoms with E-state index in [9.17, 15) is 4.79 Å². The van der Waals surface area contributed by atoms with E-state index >= 15 is 0 Å². The van der Waals surface area contributed by atoms with Crippen molar-refractivity contribution in [2.75, 3.05) is 13.1 Å². The maximum atomic E-state index is 11.6. The fourth-order valence-corrected chi connectivity index (χ4v) is 1.38. The largest absolute Gasteiger partial charge is 0.356 e. The van der Waals surface area contributed by atoms with Crippen molar-refractivity contribution in [1.82, 2.24) is 5.32 Å². The smallest absolute Gasteiger partial charge is 0.224 e. The maximum Gasteiger partial charge on any atom is 0.224 e. The second-order valence-corrected chi connectivity index (χ2v) is 4.27. The van der Waals surface area contributed by atoms with Crippen molar-refractivity contribution < 1.29 is 4.79 Å². The second kappa shape index (κ2) is 4.61. The lowest BCUT2D eigenvalue weighted by Crippen LogP contribution is -2.38. The van der Waals surface area contributed by atoms with E-state index in [-0.39, 0.29) is 11.8 Å². The first kappa shape index (κ1) is 10.5. The third-order valence-corrected chi connectivity index (χ3v) is 2.66. The van der Waals surface area contributed by atoms with Crippen molar-refractivity contribution in [1.29, 1.82) is 0 Å². The van der Waals surface area contributed by atoms with E-state index in [0.717, 1.165) is 12.5 Å². The van der Waals surface area contributed by atoms with Crippen molar-refractivity contribution >= 4 is 5.91 Å². The molecular weight excluding hydrogens is 164 g/mol. The lowest BCUT2D eigenvalue weighted by atomic mass is 9.95. The minimum Gasteiger partial charge on any atom is -0.356 e. The summed E-state index contributed by atoms with van der Waals surface area (Å²) in [6.07, 6.45) is 2.55. The van der Waals surface area contributed by atoms with Gasteiger partial charge >= 0.3 is 0 Å². The van der Waals surface area contributed by atoms with Crippen LogP contribution in [0.2, 0.25) is 0 Å². The highest BCUT2D eigenvalue weighted by Crippen LogP contribution is 2.27. The van der Waals surface area contributed by atoms with Crippen LogP contribution in [0.3, 0.4) is 0 Å². The molecule has 0 heterocycles. The number of nitrogens with one attached hydrogen (secondary N) is 1. The third kappa shape index (κ3) is 3.35. The second-order valence-electron chi connectivity index (χ2n) is 4.27. The predicted molar refractivity (Wildman–Crippen MR) is 53.1 cm³/mol. The van der Waals surface area contributed by atoms with Crippen molar-refractivity contribution in [3.8, 4) is 0 Å². The number of carbonyl (C=O) groups excluding carboxylic acids is 1. The molecule has 1 saturated carbocycles. The van der Waals surface area contributed by atoms with E-state index < -0.39 is 0 Å². The Balaban J connectivity index is 2.25. The van der Waals surface area contributed by atoms with Gasteiger partial charge in [-0.25, -0.2) is 0 Å². The minimum atomic E-state index is -0.0150. The average molecular weight is 184 g/mol. The Hall–Kier alpha value is -0.570. The van der Waals surface area contributed by atoms with E-state index in [1.165, 1.54) is 12.8 Å². The number of nitrogens with two attached hydrogens (primary N) is 1. The van der Waals surface area contributed by atoms with Crippen molar-refractivity contribution in [2.45, 2.75) is 26.7 Å². The van der Waals surface area contributed by atoms with Crippen molar-refractivity contribution in [3.05, 3.63) is 0 Å². The molecule has 0 aliphatic heterocycles. The van der Waals surface area contributed by atoms with Gasteiger partial charge in [-0.15, -0.1) is 0 Å². The third-order valence-electron chi connectivity index (χ3n) is 2.66. The molecular formula is C10H20N2O. The number of hydrogen-bond donors (Lipinski definition) is 2. The molecule has 0 bridgehead atoms. The topological polar surface area (TPSA) is 55.1 Å². The van der Waals surface area contributed by atoms with Gasteiger partial charge in [0.15, 0.2) is 0 Å². The zero-order chi connectivity index (χ0) is 9.84. The van der Waals surface area contributed by atoms with E-state index in [0.29, 0.717) is 12.5 Å². The average Bonchev–Trinajstić information content (AvgIpc) is 2.84. The Morgan fingerprint density at radius 3 is 2.54 bits per heavy atom. The first-order chi connectivity index (χ1) is 6.15. The molecule has 0 spiro atoms. The van der Waals surface area contributed by atoms with E-state index in [1.54, 1.807) is 0 Å². The molecule has 0 aromatic heterocycles. The van der Waals surface area contributed by atoms with Crippen molar-refractivity contribution in [2.24, 2.45) is 23.5 Å². The zero-order valence-electron chi connectivity index (χ0n) is 8.55. The lowest BCUT2D eigenvalue weighted by Gasteiger charge is -2.17. The van der Waals surface area contributed by atoms with Gasteiger partial charge < -0.3 is 11.1 Å². The first-order valence-electron chi connectivity index (χ1n) is 5.13. The summed E-state index contributed by atoms with van der Waals surface area (Å²) in [7, 11) is 0. The summed E-state index contributed by atoms with van der Waals surface area (Å²) < 4.78 is 0. The first-order valence-corrected chi connectivity index (χ1v) is 5.13. The summed E-state index contributed by atoms with van der Waals surface area (Å²) in [6.45, 7) is 5.37. The van der Waals surface area contributed by atoms with Gasteiger partial charge in [0.05, 0.1) is 5.92 Å². The van der Waals surface area contributed by atoms with Gasteiger partial charge in [-0.05, 0) is 24.7 Å². The fourth-order valence-electron chi connectivity index (χ4n) is 1.38. The van der Waals surface area contributed by atoms with Crippen LogP contribution in [0, 0.1) is 17.8 Å². The van der Waals surface area contributed by atoms with Gasteiger partial charge in [0, 0.05) is 13.1 Å². The summed E-state index contributed by atoms with van der Waals surface area (Å²) in [4.78, 5) is 11.6. The Morgan fingerprint density at radius 1 is 1.54 bits per heavy atom. The molecule has 0 saturated heterocycles. The number of hydrogen-bond acceptors (Lipinski definition) is 2. The van der Waals surface area contributed by atoms with Crippen LogP contribution >= 0.6 is 0 Å². The number of rotatable bonds is 5. The van der Waals surface area contributed by atoms with Crippen LogP contribution in [0.4, 0.5) is 0 Å². The molecule has 1 rings (SSSR count). The minimum absolute atomic E-state index is 0.0150. The van der Waals surface area contributed by atoms with Crippen LogP contribution in [-0.2, 0) is 4.79 Å². The molecule has 1 unspecified atom stereocenters. The van der Waals surface area contributed by atoms with Crippen LogP contribution < -0.4 is 11.1 Å². The Kier molecular flexibility index (Phi) is 3.72. The molecule has 0 radical (unpaired) electrons. The summed E-state index contributed by atoms with van der Waals surface area (Å²) in [5.74, 6) is 1.20. The van der Waals surface area contributed by atoms with Crippen LogP contribution in [0.25, 0.3) is 0 Å². The Labute approximate surface area is 80.1 Å². The molecule has 13 heavy (non-hydrogen) atoms. The van der Waals surface area contributed by atoms with E-state index in [1.807, 2.05) is 13.8 Å². The Bertz CT molecular complexity index is 176. The molecule has 0 aromatic carbocycles. The maximum absolute atomic E-state index is 11.6. The molecule has 3 nitrogen and oxygen atoms in total. The van der Waals surface area contributed by atoms with Crippen LogP contribution in [0.5, 0.6) is 0 Å². The molecule has 1 aliphatic carbocycles. The molecule has 1 amide bonds. The highest BCUT2D eigenvalue weighted by atomic mass is 16.1. The highest BCUT2D eigenvalue weighted by Gasteiger charge is 2.25. The predicted octanol–water partition coefficient (Wildman–Crippen LogP) is 0.743. The number of amides is 1. The summed E-state index contributed by atoms with van der Waals surface area (Å²) in [5, 5.41) is 2.96. The highest BCUT2D eigenvalue weighted by molar-refractivity contribution is 5.79. The molecule has 1 aliphatic rings. The fraction of sp³-hybridized carbons (Fsp3) is 0.900. The lowest BCUT2D eigenvalue weighted by molar-refractivity contribution is -0.126. The molecule has 1 fully saturated rings. The van der Waals surface area contributed by atoms with Gasteiger partial charge in [-0.1, -0.05) is 13.8 Å². The zero-order valence-corrected chi connectivity index (χ0v) is 8.55. The molecule has 3 heteroatoms. The van der Waals surface area contributed by atoms with Crippen molar-refractivity contribution in [3.63, 3.8) is 0 Å². The standard InChI is InChI=1S/C10H20N2O/c1-7(2)9(5-11)10(13)12-6-8-3-4-8/h7-9H,3-6,11H2,1-2H3,(H,12,13). The monoisotopic (exact) mass is 184 g/mol. The SMILES string of the molecule is CC(C)C(CN)C(=O)NCC1CC1. The number of carbonyl (C=O) groups is 1. The molecule has 3 N–H and O–H groups in total. The quantitative estimate of drug-likeness (QED) is 0.662. The van der Waals surface area contributed by atoms with Crippen LogP contribution in [0.15, 0.2) is 0 Å². The summed E-state index contributed by atoms with van der Waals surface area (Å²) >= 11 is 0. The normalized spacial score (nSPS) is 18.8. The van der Waals surface area contributed by atoms with Crippen LogP contribution in [-0.4, -0.2) is 19.0 Å². The van der Waals surface area contributed by atoms with E-state index in [4.69, 9.17) is 5.73 Å². The van der Waals surface area contributed by atoms with E-state index in [2.05, 4.69) is 5.32 Å².